The summed E-state index contributed by atoms with van der Waals surface area (Å²) in [6.07, 6.45) is 2.14. The Morgan fingerprint density at radius 1 is 1.32 bits per heavy atom. The van der Waals surface area contributed by atoms with E-state index in [2.05, 4.69) is 4.98 Å². The van der Waals surface area contributed by atoms with E-state index in [0.29, 0.717) is 11.5 Å². The molecule has 1 heterocycles. The minimum atomic E-state index is -0.863. The van der Waals surface area contributed by atoms with Gasteiger partial charge in [0.15, 0.2) is 0 Å². The monoisotopic (exact) mass is 257 g/mol. The number of hydrogen-bond donors (Lipinski definition) is 2. The maximum atomic E-state index is 11.3. The summed E-state index contributed by atoms with van der Waals surface area (Å²) >= 11 is 0. The van der Waals surface area contributed by atoms with Crippen LogP contribution in [0, 0.1) is 0 Å². The van der Waals surface area contributed by atoms with Crippen molar-refractivity contribution >= 4 is 5.97 Å². The van der Waals surface area contributed by atoms with E-state index in [1.807, 2.05) is 24.3 Å². The zero-order valence-electron chi connectivity index (χ0n) is 10.6. The maximum absolute atomic E-state index is 11.3. The smallest absolute Gasteiger partial charge is 0.337 e. The Morgan fingerprint density at radius 3 is 2.53 bits per heavy atom. The first-order valence-electron chi connectivity index (χ1n) is 6.29. The number of ether oxygens (including phenoxy) is 1. The predicted octanol–water partition coefficient (Wildman–Crippen LogP) is 3.27. The molecule has 2 N–H and O–H groups in total. The summed E-state index contributed by atoms with van der Waals surface area (Å²) in [5, 5.41) is 9.24. The van der Waals surface area contributed by atoms with Crippen molar-refractivity contribution in [3.8, 4) is 17.0 Å². The number of carboxylic acid groups (broad SMARTS) is 1. The molecule has 1 fully saturated rings. The average Bonchev–Trinajstić information content (AvgIpc) is 3.17. The summed E-state index contributed by atoms with van der Waals surface area (Å²) in [5.41, 5.74) is 3.07. The van der Waals surface area contributed by atoms with Gasteiger partial charge in [-0.2, -0.15) is 0 Å². The van der Waals surface area contributed by atoms with E-state index in [0.717, 1.165) is 35.5 Å². The molecule has 0 spiro atoms. The van der Waals surface area contributed by atoms with Gasteiger partial charge in [0, 0.05) is 11.4 Å². The fourth-order valence-electron chi connectivity index (χ4n) is 2.27. The van der Waals surface area contributed by atoms with Gasteiger partial charge in [-0.1, -0.05) is 0 Å². The number of H-pyrrole nitrogens is 1. The Labute approximate surface area is 111 Å². The van der Waals surface area contributed by atoms with Gasteiger partial charge in [0.1, 0.15) is 5.75 Å². The summed E-state index contributed by atoms with van der Waals surface area (Å²) in [5.74, 6) is 0.312. The second kappa shape index (κ2) is 4.46. The van der Waals surface area contributed by atoms with E-state index in [-0.39, 0.29) is 0 Å². The molecule has 2 aromatic rings. The van der Waals surface area contributed by atoms with E-state index >= 15 is 0 Å². The highest BCUT2D eigenvalue weighted by Crippen LogP contribution is 2.42. The van der Waals surface area contributed by atoms with Crippen LogP contribution in [-0.2, 0) is 0 Å². The molecule has 98 valence electrons. The third-order valence-corrected chi connectivity index (χ3v) is 3.47. The summed E-state index contributed by atoms with van der Waals surface area (Å²) in [6, 6.07) is 9.30. The quantitative estimate of drug-likeness (QED) is 0.883. The van der Waals surface area contributed by atoms with Gasteiger partial charge < -0.3 is 14.8 Å². The predicted molar refractivity (Wildman–Crippen MR) is 71.7 cm³/mol. The minimum absolute atomic E-state index is 0.387. The number of aromatic carboxylic acids is 1. The number of aromatic nitrogens is 1. The Hall–Kier alpha value is -2.23. The summed E-state index contributed by atoms with van der Waals surface area (Å²) in [4.78, 5) is 14.5. The molecule has 0 radical (unpaired) electrons. The van der Waals surface area contributed by atoms with Crippen molar-refractivity contribution in [1.82, 2.24) is 4.98 Å². The van der Waals surface area contributed by atoms with Crippen molar-refractivity contribution in [2.75, 3.05) is 7.11 Å². The molecule has 1 aliphatic carbocycles. The van der Waals surface area contributed by atoms with Gasteiger partial charge in [0.2, 0.25) is 0 Å². The van der Waals surface area contributed by atoms with Crippen molar-refractivity contribution < 1.29 is 14.6 Å². The van der Waals surface area contributed by atoms with E-state index in [1.165, 1.54) is 0 Å². The molecule has 19 heavy (non-hydrogen) atoms. The van der Waals surface area contributed by atoms with Crippen LogP contribution in [0.1, 0.15) is 34.8 Å². The Morgan fingerprint density at radius 2 is 2.00 bits per heavy atom. The van der Waals surface area contributed by atoms with E-state index < -0.39 is 5.97 Å². The van der Waals surface area contributed by atoms with Gasteiger partial charge in [-0.3, -0.25) is 0 Å². The van der Waals surface area contributed by atoms with Crippen LogP contribution < -0.4 is 4.74 Å². The molecule has 0 saturated heterocycles. The molecule has 4 heteroatoms. The van der Waals surface area contributed by atoms with Crippen molar-refractivity contribution in [2.24, 2.45) is 0 Å². The van der Waals surface area contributed by atoms with Crippen LogP contribution >= 0.6 is 0 Å². The first-order valence-corrected chi connectivity index (χ1v) is 6.29. The van der Waals surface area contributed by atoms with Crippen molar-refractivity contribution in [3.63, 3.8) is 0 Å². The first kappa shape index (κ1) is 11.8. The standard InChI is InChI=1S/C15H15NO3/c1-19-11-6-4-9(5-7-11)13-8-12(15(17)18)14(16-13)10-2-3-10/h4-8,10,16H,2-3H2,1H3,(H,17,18). The fourth-order valence-corrected chi connectivity index (χ4v) is 2.27. The molecule has 4 nitrogen and oxygen atoms in total. The number of carbonyl (C=O) groups is 1. The second-order valence-electron chi connectivity index (χ2n) is 4.82. The lowest BCUT2D eigenvalue weighted by atomic mass is 10.1. The molecule has 1 aromatic carbocycles. The molecule has 1 saturated carbocycles. The third-order valence-electron chi connectivity index (χ3n) is 3.47. The van der Waals surface area contributed by atoms with E-state index in [4.69, 9.17) is 4.74 Å². The summed E-state index contributed by atoms with van der Waals surface area (Å²) < 4.78 is 5.12. The SMILES string of the molecule is COc1ccc(-c2cc(C(=O)O)c(C3CC3)[nH]2)cc1. The molecule has 0 unspecified atom stereocenters. The highest BCUT2D eigenvalue weighted by molar-refractivity contribution is 5.91. The molecular formula is C15H15NO3. The number of nitrogens with one attached hydrogen (secondary N) is 1. The fraction of sp³-hybridized carbons (Fsp3) is 0.267. The van der Waals surface area contributed by atoms with Crippen molar-refractivity contribution in [3.05, 3.63) is 41.6 Å². The van der Waals surface area contributed by atoms with Gasteiger partial charge >= 0.3 is 5.97 Å². The number of rotatable bonds is 4. The van der Waals surface area contributed by atoms with Crippen molar-refractivity contribution in [2.45, 2.75) is 18.8 Å². The number of hydrogen-bond acceptors (Lipinski definition) is 2. The number of methoxy groups -OCH3 is 1. The van der Waals surface area contributed by atoms with Crippen LogP contribution in [0.2, 0.25) is 0 Å². The molecular weight excluding hydrogens is 242 g/mol. The van der Waals surface area contributed by atoms with Crippen LogP contribution in [0.4, 0.5) is 0 Å². The minimum Gasteiger partial charge on any atom is -0.497 e. The highest BCUT2D eigenvalue weighted by atomic mass is 16.5. The molecule has 1 aromatic heterocycles. The van der Waals surface area contributed by atoms with Gasteiger partial charge in [-0.15, -0.1) is 0 Å². The van der Waals surface area contributed by atoms with Crippen LogP contribution in [-0.4, -0.2) is 23.2 Å². The number of benzene rings is 1. The number of carboxylic acids is 1. The summed E-state index contributed by atoms with van der Waals surface area (Å²) in [6.45, 7) is 0. The Bertz CT molecular complexity index is 609. The zero-order valence-corrected chi connectivity index (χ0v) is 10.6. The lowest BCUT2D eigenvalue weighted by Gasteiger charge is -2.01. The molecule has 3 rings (SSSR count). The van der Waals surface area contributed by atoms with Gasteiger partial charge in [-0.05, 0) is 54.7 Å². The van der Waals surface area contributed by atoms with E-state index in [9.17, 15) is 9.90 Å². The molecule has 0 aliphatic heterocycles. The van der Waals surface area contributed by atoms with Gasteiger partial charge in [0.05, 0.1) is 12.7 Å². The largest absolute Gasteiger partial charge is 0.497 e. The third kappa shape index (κ3) is 2.21. The second-order valence-corrected chi connectivity index (χ2v) is 4.82. The Balaban J connectivity index is 1.99. The van der Waals surface area contributed by atoms with Crippen LogP contribution in [0.3, 0.4) is 0 Å². The van der Waals surface area contributed by atoms with E-state index in [1.54, 1.807) is 13.2 Å². The molecule has 1 aliphatic rings. The highest BCUT2D eigenvalue weighted by Gasteiger charge is 2.30. The van der Waals surface area contributed by atoms with Crippen LogP contribution in [0.15, 0.2) is 30.3 Å². The average molecular weight is 257 g/mol. The van der Waals surface area contributed by atoms with Gasteiger partial charge in [0.25, 0.3) is 0 Å². The maximum Gasteiger partial charge on any atom is 0.337 e. The topological polar surface area (TPSA) is 62.3 Å². The van der Waals surface area contributed by atoms with Crippen LogP contribution in [0.25, 0.3) is 11.3 Å². The lowest BCUT2D eigenvalue weighted by Crippen LogP contribution is -1.98. The van der Waals surface area contributed by atoms with Gasteiger partial charge in [-0.25, -0.2) is 4.79 Å². The van der Waals surface area contributed by atoms with Crippen molar-refractivity contribution in [1.29, 1.82) is 0 Å². The molecule has 0 amide bonds. The zero-order chi connectivity index (χ0) is 13.4. The normalized spacial score (nSPS) is 14.4. The summed E-state index contributed by atoms with van der Waals surface area (Å²) in [7, 11) is 1.62. The Kier molecular flexibility index (Phi) is 2.78. The molecule has 0 bridgehead atoms. The van der Waals surface area contributed by atoms with Crippen LogP contribution in [0.5, 0.6) is 5.75 Å². The number of aromatic amines is 1. The first-order chi connectivity index (χ1) is 9.19. The molecule has 0 atom stereocenters. The lowest BCUT2D eigenvalue weighted by molar-refractivity contribution is 0.0696.